The zero-order valence-electron chi connectivity index (χ0n) is 21.8. The van der Waals surface area contributed by atoms with E-state index < -0.39 is 10.0 Å². The topological polar surface area (TPSA) is 119 Å². The van der Waals surface area contributed by atoms with Crippen LogP contribution < -0.4 is 10.5 Å². The summed E-state index contributed by atoms with van der Waals surface area (Å²) < 4.78 is 25.1. The minimum absolute atomic E-state index is 0.0911. The van der Waals surface area contributed by atoms with Crippen molar-refractivity contribution in [3.8, 4) is 22.5 Å². The normalized spacial score (nSPS) is 13.4. The second kappa shape index (κ2) is 10.7. The molecular weight excluding hydrogens is 522 g/mol. The van der Waals surface area contributed by atoms with Gasteiger partial charge in [-0.15, -0.1) is 0 Å². The number of carbonyl (C=O) groups is 1. The fourth-order valence-electron chi connectivity index (χ4n) is 4.77. The average molecular weight is 552 g/mol. The summed E-state index contributed by atoms with van der Waals surface area (Å²) in [6.07, 6.45) is 7.40. The van der Waals surface area contributed by atoms with E-state index in [0.717, 1.165) is 46.5 Å². The Morgan fingerprint density at radius 2 is 1.68 bits per heavy atom. The third-order valence-electron chi connectivity index (χ3n) is 7.19. The molecule has 202 valence electrons. The van der Waals surface area contributed by atoms with E-state index in [2.05, 4.69) is 10.3 Å². The van der Waals surface area contributed by atoms with Gasteiger partial charge in [0.15, 0.2) is 17.2 Å². The number of hydrogen-bond donors (Lipinski definition) is 2. The number of imidazole rings is 1. The number of carbonyl (C=O) groups excluding carboxylic acids is 1. The molecule has 1 saturated carbocycles. The van der Waals surface area contributed by atoms with Gasteiger partial charge in [-0.05, 0) is 42.9 Å². The van der Waals surface area contributed by atoms with E-state index in [1.807, 2.05) is 71.4 Å². The Bertz CT molecular complexity index is 1780. The molecule has 2 aromatic heterocycles. The van der Waals surface area contributed by atoms with Crippen LogP contribution >= 0.6 is 0 Å². The van der Waals surface area contributed by atoms with Gasteiger partial charge in [0.1, 0.15) is 0 Å². The molecule has 1 aliphatic rings. The van der Waals surface area contributed by atoms with Gasteiger partial charge in [0.2, 0.25) is 10.0 Å². The maximum atomic E-state index is 12.5. The lowest BCUT2D eigenvalue weighted by Gasteiger charge is -2.12. The van der Waals surface area contributed by atoms with Crippen molar-refractivity contribution in [3.05, 3.63) is 102 Å². The molecule has 0 spiro atoms. The second-order valence-corrected chi connectivity index (χ2v) is 11.8. The number of nitrogens with zero attached hydrogens (tertiary/aromatic N) is 3. The highest BCUT2D eigenvalue weighted by atomic mass is 32.2. The molecule has 0 saturated heterocycles. The van der Waals surface area contributed by atoms with Crippen LogP contribution in [0, 0.1) is 5.92 Å². The Morgan fingerprint density at radius 3 is 2.35 bits per heavy atom. The largest absolute Gasteiger partial charge is 0.367 e. The predicted octanol–water partition coefficient (Wildman–Crippen LogP) is 5.35. The van der Waals surface area contributed by atoms with Crippen LogP contribution in [0.1, 0.15) is 35.2 Å². The molecule has 0 bridgehead atoms. The van der Waals surface area contributed by atoms with Crippen LogP contribution in [-0.4, -0.2) is 35.1 Å². The summed E-state index contributed by atoms with van der Waals surface area (Å²) in [5.74, 6) is 1.40. The highest BCUT2D eigenvalue weighted by Crippen LogP contribution is 2.34. The van der Waals surface area contributed by atoms with E-state index in [-0.39, 0.29) is 10.7 Å². The number of hydrogen-bond acceptors (Lipinski definition) is 6. The monoisotopic (exact) mass is 551 g/mol. The summed E-state index contributed by atoms with van der Waals surface area (Å²) in [4.78, 5) is 22.2. The number of ketones is 1. The Balaban J connectivity index is 1.29. The van der Waals surface area contributed by atoms with E-state index in [9.17, 15) is 13.2 Å². The van der Waals surface area contributed by atoms with Gasteiger partial charge < -0.3 is 5.32 Å². The lowest BCUT2D eigenvalue weighted by molar-refractivity contribution is 0.0976. The minimum Gasteiger partial charge on any atom is -0.367 e. The number of nitrogens with two attached hydrogens (primary N) is 1. The van der Waals surface area contributed by atoms with Crippen molar-refractivity contribution >= 4 is 27.3 Å². The minimum atomic E-state index is -3.72. The van der Waals surface area contributed by atoms with Crippen molar-refractivity contribution < 1.29 is 13.2 Å². The van der Waals surface area contributed by atoms with Gasteiger partial charge in [0.25, 0.3) is 0 Å². The summed E-state index contributed by atoms with van der Waals surface area (Å²) in [6, 6.07) is 24.3. The summed E-state index contributed by atoms with van der Waals surface area (Å²) in [5, 5.41) is 8.63. The first-order chi connectivity index (χ1) is 19.3. The van der Waals surface area contributed by atoms with E-state index in [4.69, 9.17) is 10.1 Å². The number of primary sulfonamides is 1. The van der Waals surface area contributed by atoms with Crippen LogP contribution in [0.2, 0.25) is 0 Å². The number of fused-ring (bicyclic) bond motifs is 1. The quantitative estimate of drug-likeness (QED) is 0.226. The molecule has 6 rings (SSSR count). The fourth-order valence-corrected chi connectivity index (χ4v) is 5.28. The maximum Gasteiger partial charge on any atom is 0.238 e. The molecule has 40 heavy (non-hydrogen) atoms. The van der Waals surface area contributed by atoms with E-state index >= 15 is 0 Å². The van der Waals surface area contributed by atoms with Crippen molar-refractivity contribution in [2.75, 3.05) is 11.9 Å². The maximum absolute atomic E-state index is 12.5. The Labute approximate surface area is 233 Å². The van der Waals surface area contributed by atoms with E-state index in [0.29, 0.717) is 36.8 Å². The first kappa shape index (κ1) is 25.9. The predicted molar refractivity (Wildman–Crippen MR) is 156 cm³/mol. The number of sulfonamides is 1. The average Bonchev–Trinajstić information content (AvgIpc) is 3.68. The molecule has 0 unspecified atom stereocenters. The highest BCUT2D eigenvalue weighted by Gasteiger charge is 2.25. The van der Waals surface area contributed by atoms with E-state index in [1.165, 1.54) is 12.1 Å². The third-order valence-corrected chi connectivity index (χ3v) is 8.12. The van der Waals surface area contributed by atoms with Gasteiger partial charge in [-0.2, -0.15) is 0 Å². The standard InChI is InChI=1S/C31H29N5O3S/c32-40(38,39)26-14-8-21(9-15-26)16-17-33-30-31-34-19-28(36(31)20-27(35-30)23-4-2-1-3-5-23)24-10-12-25(13-11-24)29(37)18-22-6-7-22/h1-5,8-15,19-20,22H,6-7,16-18H2,(H,33,35)(H2,32,38,39). The van der Waals surface area contributed by atoms with Crippen molar-refractivity contribution in [1.29, 1.82) is 0 Å². The molecule has 8 nitrogen and oxygen atoms in total. The van der Waals surface area contributed by atoms with E-state index in [1.54, 1.807) is 12.1 Å². The molecule has 0 radical (unpaired) electrons. The summed E-state index contributed by atoms with van der Waals surface area (Å²) in [6.45, 7) is 0.565. The fraction of sp³-hybridized carbons (Fsp3) is 0.194. The van der Waals surface area contributed by atoms with Gasteiger partial charge in [-0.1, -0.05) is 66.7 Å². The summed E-state index contributed by atoms with van der Waals surface area (Å²) in [7, 11) is -3.72. The van der Waals surface area contributed by atoms with Crippen molar-refractivity contribution in [3.63, 3.8) is 0 Å². The van der Waals surface area contributed by atoms with Crippen molar-refractivity contribution in [1.82, 2.24) is 14.4 Å². The zero-order chi connectivity index (χ0) is 27.7. The van der Waals surface area contributed by atoms with Crippen LogP contribution in [0.25, 0.3) is 28.2 Å². The number of rotatable bonds is 10. The number of anilines is 1. The first-order valence-corrected chi connectivity index (χ1v) is 14.8. The number of Topliss-reactive ketones (excluding diaryl/α,β-unsaturated/α-hetero) is 1. The molecule has 3 N–H and O–H groups in total. The van der Waals surface area contributed by atoms with Crippen LogP contribution in [0.5, 0.6) is 0 Å². The van der Waals surface area contributed by atoms with Crippen molar-refractivity contribution in [2.24, 2.45) is 11.1 Å². The summed E-state index contributed by atoms with van der Waals surface area (Å²) >= 11 is 0. The highest BCUT2D eigenvalue weighted by molar-refractivity contribution is 7.89. The van der Waals surface area contributed by atoms with Gasteiger partial charge in [0.05, 0.1) is 22.5 Å². The lowest BCUT2D eigenvalue weighted by atomic mass is 10.0. The number of aromatic nitrogens is 3. The zero-order valence-corrected chi connectivity index (χ0v) is 22.6. The van der Waals surface area contributed by atoms with Gasteiger partial charge in [-0.25, -0.2) is 23.5 Å². The van der Waals surface area contributed by atoms with Crippen LogP contribution in [-0.2, 0) is 16.4 Å². The number of nitrogens with one attached hydrogen (secondary N) is 1. The molecule has 5 aromatic rings. The van der Waals surface area contributed by atoms with Crippen LogP contribution in [0.3, 0.4) is 0 Å². The molecule has 1 fully saturated rings. The smallest absolute Gasteiger partial charge is 0.238 e. The third kappa shape index (κ3) is 5.66. The SMILES string of the molecule is NS(=O)(=O)c1ccc(CCNc2nc(-c3ccccc3)cn3c(-c4ccc(C(=O)CC5CC5)cc4)cnc23)cc1. The second-order valence-electron chi connectivity index (χ2n) is 10.2. The Morgan fingerprint density at radius 1 is 0.950 bits per heavy atom. The molecule has 0 amide bonds. The molecule has 0 atom stereocenters. The molecule has 9 heteroatoms. The van der Waals surface area contributed by atoms with Gasteiger partial charge in [-0.3, -0.25) is 9.20 Å². The molecule has 1 aliphatic carbocycles. The van der Waals surface area contributed by atoms with Gasteiger partial charge in [0, 0.05) is 35.9 Å². The number of benzene rings is 3. The molecule has 0 aliphatic heterocycles. The Hall–Kier alpha value is -4.34. The lowest BCUT2D eigenvalue weighted by Crippen LogP contribution is -2.12. The van der Waals surface area contributed by atoms with Crippen LogP contribution in [0.4, 0.5) is 5.82 Å². The van der Waals surface area contributed by atoms with Gasteiger partial charge >= 0.3 is 0 Å². The molecule has 2 heterocycles. The Kier molecular flexibility index (Phi) is 6.91. The van der Waals surface area contributed by atoms with Crippen LogP contribution in [0.15, 0.2) is 96.2 Å². The summed E-state index contributed by atoms with van der Waals surface area (Å²) in [5.41, 5.74) is 6.04. The molecular formula is C31H29N5O3S. The van der Waals surface area contributed by atoms with Crippen molar-refractivity contribution in [2.45, 2.75) is 30.6 Å². The first-order valence-electron chi connectivity index (χ1n) is 13.3. The molecule has 3 aromatic carbocycles.